The van der Waals surface area contributed by atoms with Crippen LogP contribution in [0, 0.1) is 0 Å². The maximum absolute atomic E-state index is 12.7. The second-order valence-electron chi connectivity index (χ2n) is 6.40. The Morgan fingerprint density at radius 3 is 2.52 bits per heavy atom. The van der Waals surface area contributed by atoms with E-state index in [2.05, 4.69) is 12.1 Å². The molecule has 1 heterocycles. The molecule has 2 aromatic rings. The van der Waals surface area contributed by atoms with E-state index in [0.717, 1.165) is 16.9 Å². The third kappa shape index (κ3) is 4.60. The maximum Gasteiger partial charge on any atom is 0.227 e. The number of carbonyl (C=O) groups excluding carboxylic acids is 1. The van der Waals surface area contributed by atoms with Crippen LogP contribution in [0.25, 0.3) is 0 Å². The van der Waals surface area contributed by atoms with Crippen LogP contribution in [0.1, 0.15) is 31.1 Å². The molecule has 0 spiro atoms. The molecule has 0 aliphatic carbocycles. The molecule has 3 rings (SSSR count). The molecule has 1 saturated heterocycles. The lowest BCUT2D eigenvalue weighted by molar-refractivity contribution is -0.144. The molecule has 1 fully saturated rings. The highest BCUT2D eigenvalue weighted by Gasteiger charge is 2.29. The Bertz CT molecular complexity index is 684. The summed E-state index contributed by atoms with van der Waals surface area (Å²) in [7, 11) is 0. The zero-order chi connectivity index (χ0) is 17.6. The van der Waals surface area contributed by atoms with Crippen LogP contribution in [-0.4, -0.2) is 36.6 Å². The molecule has 132 valence electrons. The monoisotopic (exact) mass is 339 g/mol. The van der Waals surface area contributed by atoms with Gasteiger partial charge < -0.3 is 14.4 Å². The molecule has 4 heteroatoms. The molecular weight excluding hydrogens is 314 g/mol. The van der Waals surface area contributed by atoms with E-state index < -0.39 is 0 Å². The summed E-state index contributed by atoms with van der Waals surface area (Å²) in [6.45, 7) is 5.86. The van der Waals surface area contributed by atoms with Gasteiger partial charge in [0.1, 0.15) is 11.9 Å². The summed E-state index contributed by atoms with van der Waals surface area (Å²) < 4.78 is 11.5. The average Bonchev–Trinajstić information content (AvgIpc) is 2.64. The van der Waals surface area contributed by atoms with Gasteiger partial charge in [0.2, 0.25) is 5.91 Å². The van der Waals surface area contributed by atoms with Crippen molar-refractivity contribution in [2.24, 2.45) is 0 Å². The van der Waals surface area contributed by atoms with Crippen molar-refractivity contribution in [2.75, 3.05) is 19.7 Å². The van der Waals surface area contributed by atoms with E-state index >= 15 is 0 Å². The lowest BCUT2D eigenvalue weighted by Crippen LogP contribution is -2.46. The number of hydrogen-bond donors (Lipinski definition) is 0. The number of benzene rings is 2. The molecule has 1 amide bonds. The maximum atomic E-state index is 12.7. The molecule has 2 unspecified atom stereocenters. The van der Waals surface area contributed by atoms with Crippen molar-refractivity contribution in [3.8, 4) is 5.75 Å². The van der Waals surface area contributed by atoms with Crippen LogP contribution in [-0.2, 0) is 16.0 Å². The van der Waals surface area contributed by atoms with Crippen LogP contribution in [0.2, 0.25) is 0 Å². The number of rotatable bonds is 5. The van der Waals surface area contributed by atoms with Gasteiger partial charge in [0.15, 0.2) is 0 Å². The van der Waals surface area contributed by atoms with Gasteiger partial charge in [0, 0.05) is 6.54 Å². The Kier molecular flexibility index (Phi) is 5.71. The summed E-state index contributed by atoms with van der Waals surface area (Å²) in [6, 6.07) is 17.9. The molecule has 2 atom stereocenters. The summed E-state index contributed by atoms with van der Waals surface area (Å²) in [6.07, 6.45) is 0.373. The van der Waals surface area contributed by atoms with Gasteiger partial charge in [-0.05, 0) is 37.1 Å². The van der Waals surface area contributed by atoms with Crippen molar-refractivity contribution in [2.45, 2.75) is 32.5 Å². The minimum Gasteiger partial charge on any atom is -0.494 e. The van der Waals surface area contributed by atoms with Crippen molar-refractivity contribution in [3.63, 3.8) is 0 Å². The van der Waals surface area contributed by atoms with Gasteiger partial charge in [-0.25, -0.2) is 0 Å². The Balaban J connectivity index is 1.64. The van der Waals surface area contributed by atoms with Gasteiger partial charge in [-0.3, -0.25) is 4.79 Å². The van der Waals surface area contributed by atoms with Gasteiger partial charge in [0.25, 0.3) is 0 Å². The fourth-order valence-corrected chi connectivity index (χ4v) is 3.16. The zero-order valence-electron chi connectivity index (χ0n) is 14.9. The highest BCUT2D eigenvalue weighted by atomic mass is 16.5. The molecular formula is C21H25NO3. The fourth-order valence-electron chi connectivity index (χ4n) is 3.16. The number of carbonyl (C=O) groups is 1. The first-order valence-electron chi connectivity index (χ1n) is 8.85. The second kappa shape index (κ2) is 8.17. The van der Waals surface area contributed by atoms with Crippen LogP contribution in [0.5, 0.6) is 5.75 Å². The molecule has 0 N–H and O–H groups in total. The van der Waals surface area contributed by atoms with Crippen LogP contribution in [0.15, 0.2) is 54.6 Å². The first kappa shape index (κ1) is 17.5. The van der Waals surface area contributed by atoms with Gasteiger partial charge in [-0.1, -0.05) is 42.5 Å². The molecule has 1 aliphatic rings. The van der Waals surface area contributed by atoms with Crippen molar-refractivity contribution in [3.05, 3.63) is 65.7 Å². The lowest BCUT2D eigenvalue weighted by Gasteiger charge is -2.37. The molecule has 25 heavy (non-hydrogen) atoms. The summed E-state index contributed by atoms with van der Waals surface area (Å²) in [5.74, 6) is 0.975. The zero-order valence-corrected chi connectivity index (χ0v) is 14.9. The summed E-state index contributed by atoms with van der Waals surface area (Å²) in [4.78, 5) is 14.7. The molecule has 0 radical (unpaired) electrons. The van der Waals surface area contributed by atoms with E-state index in [1.165, 1.54) is 0 Å². The molecule has 2 aromatic carbocycles. The number of hydrogen-bond acceptors (Lipinski definition) is 3. The van der Waals surface area contributed by atoms with Gasteiger partial charge in [0.05, 0.1) is 25.7 Å². The summed E-state index contributed by atoms with van der Waals surface area (Å²) in [5.41, 5.74) is 2.12. The fraction of sp³-hybridized carbons (Fsp3) is 0.381. The predicted octanol–water partition coefficient (Wildman–Crippen LogP) is 3.62. The van der Waals surface area contributed by atoms with E-state index in [0.29, 0.717) is 26.1 Å². The highest BCUT2D eigenvalue weighted by molar-refractivity contribution is 5.79. The van der Waals surface area contributed by atoms with E-state index in [4.69, 9.17) is 9.47 Å². The van der Waals surface area contributed by atoms with Crippen molar-refractivity contribution >= 4 is 5.91 Å². The van der Waals surface area contributed by atoms with E-state index in [1.807, 2.05) is 61.2 Å². The topological polar surface area (TPSA) is 38.8 Å². The standard InChI is InChI=1S/C21H25NO3/c1-3-24-19-11-9-17(10-12-19)13-21(23)22-14-16(2)25-20(15-22)18-7-5-4-6-8-18/h4-12,16,20H,3,13-15H2,1-2H3. The first-order chi connectivity index (χ1) is 12.2. The third-order valence-electron chi connectivity index (χ3n) is 4.37. The smallest absolute Gasteiger partial charge is 0.227 e. The molecule has 0 aromatic heterocycles. The van der Waals surface area contributed by atoms with E-state index in [-0.39, 0.29) is 18.1 Å². The minimum absolute atomic E-state index is 0.0308. The van der Waals surface area contributed by atoms with Crippen LogP contribution in [0.4, 0.5) is 0 Å². The van der Waals surface area contributed by atoms with Gasteiger partial charge in [-0.15, -0.1) is 0 Å². The normalized spacial score (nSPS) is 20.3. The van der Waals surface area contributed by atoms with Crippen LogP contribution < -0.4 is 4.74 Å². The highest BCUT2D eigenvalue weighted by Crippen LogP contribution is 2.25. The van der Waals surface area contributed by atoms with Crippen LogP contribution in [0.3, 0.4) is 0 Å². The SMILES string of the molecule is CCOc1ccc(CC(=O)N2CC(C)OC(c3ccccc3)C2)cc1. The molecule has 4 nitrogen and oxygen atoms in total. The third-order valence-corrected chi connectivity index (χ3v) is 4.37. The van der Waals surface area contributed by atoms with Crippen molar-refractivity contribution < 1.29 is 14.3 Å². The minimum atomic E-state index is -0.0609. The summed E-state index contributed by atoms with van der Waals surface area (Å²) >= 11 is 0. The average molecular weight is 339 g/mol. The van der Waals surface area contributed by atoms with Gasteiger partial charge in [-0.2, -0.15) is 0 Å². The Morgan fingerprint density at radius 2 is 1.84 bits per heavy atom. The van der Waals surface area contributed by atoms with Crippen molar-refractivity contribution in [1.29, 1.82) is 0 Å². The molecule has 0 bridgehead atoms. The number of amides is 1. The molecule has 0 saturated carbocycles. The Labute approximate surface area is 149 Å². The summed E-state index contributed by atoms with van der Waals surface area (Å²) in [5, 5.41) is 0. The Morgan fingerprint density at radius 1 is 1.12 bits per heavy atom. The second-order valence-corrected chi connectivity index (χ2v) is 6.40. The number of morpholine rings is 1. The van der Waals surface area contributed by atoms with Crippen molar-refractivity contribution in [1.82, 2.24) is 4.90 Å². The molecule has 1 aliphatic heterocycles. The number of nitrogens with zero attached hydrogens (tertiary/aromatic N) is 1. The predicted molar refractivity (Wildman–Crippen MR) is 97.6 cm³/mol. The largest absolute Gasteiger partial charge is 0.494 e. The lowest BCUT2D eigenvalue weighted by atomic mass is 10.1. The first-order valence-corrected chi connectivity index (χ1v) is 8.85. The van der Waals surface area contributed by atoms with Crippen LogP contribution >= 0.6 is 0 Å². The van der Waals surface area contributed by atoms with E-state index in [1.54, 1.807) is 0 Å². The van der Waals surface area contributed by atoms with E-state index in [9.17, 15) is 4.79 Å². The number of ether oxygens (including phenoxy) is 2. The quantitative estimate of drug-likeness (QED) is 0.835. The van der Waals surface area contributed by atoms with Gasteiger partial charge >= 0.3 is 0 Å². The Hall–Kier alpha value is -2.33.